The molecule has 168 valence electrons. The highest BCUT2D eigenvalue weighted by molar-refractivity contribution is 5.79. The van der Waals surface area contributed by atoms with Gasteiger partial charge in [-0.3, -0.25) is 4.79 Å². The molecule has 2 atom stereocenters. The van der Waals surface area contributed by atoms with E-state index in [9.17, 15) is 23.1 Å². The number of likely N-dealkylation sites (tertiary alicyclic amines) is 1. The van der Waals surface area contributed by atoms with E-state index < -0.39 is 22.7 Å². The minimum Gasteiger partial charge on any atom is -0.396 e. The Morgan fingerprint density at radius 3 is 2.58 bits per heavy atom. The average Bonchev–Trinajstić information content (AvgIpc) is 3.17. The van der Waals surface area contributed by atoms with Gasteiger partial charge in [-0.25, -0.2) is 0 Å². The van der Waals surface area contributed by atoms with Gasteiger partial charge in [-0.15, -0.1) is 0 Å². The molecule has 1 aromatic rings. The Bertz CT molecular complexity index is 876. The summed E-state index contributed by atoms with van der Waals surface area (Å²) < 4.78 is 40.2. The number of rotatable bonds is 3. The highest BCUT2D eigenvalue weighted by atomic mass is 19.4. The third-order valence-corrected chi connectivity index (χ3v) is 7.44. The van der Waals surface area contributed by atoms with Crippen LogP contribution in [0.2, 0.25) is 0 Å². The van der Waals surface area contributed by atoms with E-state index in [-0.39, 0.29) is 24.3 Å². The van der Waals surface area contributed by atoms with E-state index >= 15 is 0 Å². The molecule has 1 N–H and O–H groups in total. The number of benzene rings is 1. The number of anilines is 1. The molecule has 0 bridgehead atoms. The molecule has 2 aliphatic heterocycles. The maximum atomic E-state index is 13.4. The molecule has 5 nitrogen and oxygen atoms in total. The van der Waals surface area contributed by atoms with Gasteiger partial charge in [-0.05, 0) is 43.4 Å². The van der Waals surface area contributed by atoms with E-state index in [0.29, 0.717) is 38.3 Å². The van der Waals surface area contributed by atoms with Gasteiger partial charge in [-0.2, -0.15) is 18.4 Å². The Hall–Kier alpha value is -2.27. The molecule has 31 heavy (non-hydrogen) atoms. The van der Waals surface area contributed by atoms with E-state index in [4.69, 9.17) is 5.26 Å². The molecule has 4 rings (SSSR count). The fourth-order valence-electron chi connectivity index (χ4n) is 5.67. The maximum absolute atomic E-state index is 13.4. The number of alkyl halides is 3. The summed E-state index contributed by atoms with van der Waals surface area (Å²) in [4.78, 5) is 16.8. The minimum atomic E-state index is -4.61. The fourth-order valence-corrected chi connectivity index (χ4v) is 5.67. The largest absolute Gasteiger partial charge is 0.417 e. The standard InChI is InChI=1S/C23H28F3N3O2/c24-23(25,26)20-10-19(7-6-17(20)11-27)28-9-8-18-12-29(14-22(18,13-28)15-30)21(31)16-4-2-1-3-5-16/h6-7,10,16,18,30H,1-5,8-9,12-15H2/t18-,22+/m1/s1. The molecule has 3 aliphatic rings. The Kier molecular flexibility index (Phi) is 5.91. The second-order valence-electron chi connectivity index (χ2n) is 9.32. The molecular weight excluding hydrogens is 407 g/mol. The van der Waals surface area contributed by atoms with Crippen LogP contribution in [-0.2, 0) is 11.0 Å². The molecular formula is C23H28F3N3O2. The molecule has 1 amide bonds. The van der Waals surface area contributed by atoms with Gasteiger partial charge >= 0.3 is 6.18 Å². The minimum absolute atomic E-state index is 0.0635. The Balaban J connectivity index is 1.54. The van der Waals surface area contributed by atoms with Crippen molar-refractivity contribution in [1.29, 1.82) is 5.26 Å². The van der Waals surface area contributed by atoms with Crippen molar-refractivity contribution < 1.29 is 23.1 Å². The number of hydrogen-bond acceptors (Lipinski definition) is 4. The van der Waals surface area contributed by atoms with Gasteiger partial charge in [0.1, 0.15) is 0 Å². The van der Waals surface area contributed by atoms with Gasteiger partial charge in [0, 0.05) is 43.2 Å². The summed E-state index contributed by atoms with van der Waals surface area (Å²) in [6.07, 6.45) is 1.26. The molecule has 3 fully saturated rings. The van der Waals surface area contributed by atoms with Crippen LogP contribution in [0, 0.1) is 28.6 Å². The first-order valence-corrected chi connectivity index (χ1v) is 11.0. The summed E-state index contributed by atoms with van der Waals surface area (Å²) in [7, 11) is 0. The van der Waals surface area contributed by atoms with E-state index in [1.807, 2.05) is 9.80 Å². The number of carbonyl (C=O) groups is 1. The first kappa shape index (κ1) is 21.9. The number of carbonyl (C=O) groups excluding carboxylic acids is 1. The molecule has 1 aliphatic carbocycles. The van der Waals surface area contributed by atoms with Crippen molar-refractivity contribution in [2.75, 3.05) is 37.7 Å². The average molecular weight is 435 g/mol. The van der Waals surface area contributed by atoms with Crippen LogP contribution in [0.3, 0.4) is 0 Å². The third kappa shape index (κ3) is 4.12. The van der Waals surface area contributed by atoms with Crippen LogP contribution in [-0.4, -0.2) is 48.7 Å². The summed E-state index contributed by atoms with van der Waals surface area (Å²) in [6, 6.07) is 5.40. The summed E-state index contributed by atoms with van der Waals surface area (Å²) in [6.45, 7) is 1.91. The summed E-state index contributed by atoms with van der Waals surface area (Å²) in [5.74, 6) is 0.376. The molecule has 1 saturated carbocycles. The number of halogens is 3. The van der Waals surface area contributed by atoms with Crippen LogP contribution in [0.5, 0.6) is 0 Å². The molecule has 0 radical (unpaired) electrons. The number of fused-ring (bicyclic) bond motifs is 1. The zero-order chi connectivity index (χ0) is 22.2. The lowest BCUT2D eigenvalue weighted by molar-refractivity contribution is -0.138. The van der Waals surface area contributed by atoms with Crippen LogP contribution < -0.4 is 4.90 Å². The SMILES string of the molecule is N#Cc1ccc(N2CC[C@@H]3CN(C(=O)C4CCCCC4)C[C@]3(CO)C2)cc1C(F)(F)F. The van der Waals surface area contributed by atoms with Gasteiger partial charge in [-0.1, -0.05) is 19.3 Å². The highest BCUT2D eigenvalue weighted by Gasteiger charge is 2.51. The number of nitriles is 1. The zero-order valence-corrected chi connectivity index (χ0v) is 17.5. The second-order valence-corrected chi connectivity index (χ2v) is 9.32. The molecule has 0 aromatic heterocycles. The van der Waals surface area contributed by atoms with Crippen LogP contribution in [0.25, 0.3) is 0 Å². The van der Waals surface area contributed by atoms with Crippen molar-refractivity contribution in [1.82, 2.24) is 4.90 Å². The highest BCUT2D eigenvalue weighted by Crippen LogP contribution is 2.44. The van der Waals surface area contributed by atoms with E-state index in [1.165, 1.54) is 12.5 Å². The molecule has 8 heteroatoms. The van der Waals surface area contributed by atoms with E-state index in [0.717, 1.165) is 31.7 Å². The first-order chi connectivity index (χ1) is 14.8. The second kappa shape index (κ2) is 8.34. The lowest BCUT2D eigenvalue weighted by Crippen LogP contribution is -2.51. The summed E-state index contributed by atoms with van der Waals surface area (Å²) in [5, 5.41) is 19.3. The van der Waals surface area contributed by atoms with Crippen molar-refractivity contribution in [3.63, 3.8) is 0 Å². The lowest BCUT2D eigenvalue weighted by atomic mass is 9.74. The molecule has 0 unspecified atom stereocenters. The van der Waals surface area contributed by atoms with Gasteiger partial charge in [0.25, 0.3) is 0 Å². The topological polar surface area (TPSA) is 67.6 Å². The third-order valence-electron chi connectivity index (χ3n) is 7.44. The Morgan fingerprint density at radius 1 is 1.19 bits per heavy atom. The summed E-state index contributed by atoms with van der Waals surface area (Å²) in [5.41, 5.74) is -1.47. The predicted molar refractivity (Wildman–Crippen MR) is 109 cm³/mol. The van der Waals surface area contributed by atoms with Crippen LogP contribution in [0.4, 0.5) is 18.9 Å². The summed E-state index contributed by atoms with van der Waals surface area (Å²) >= 11 is 0. The number of amides is 1. The quantitative estimate of drug-likeness (QED) is 0.784. The Morgan fingerprint density at radius 2 is 1.94 bits per heavy atom. The lowest BCUT2D eigenvalue weighted by Gasteiger charge is -2.44. The van der Waals surface area contributed by atoms with Crippen LogP contribution in [0.1, 0.15) is 49.7 Å². The predicted octanol–water partition coefficient (Wildman–Crippen LogP) is 3.80. The van der Waals surface area contributed by atoms with E-state index in [2.05, 4.69) is 0 Å². The fraction of sp³-hybridized carbons (Fsp3) is 0.652. The monoisotopic (exact) mass is 435 g/mol. The van der Waals surface area contributed by atoms with Crippen molar-refractivity contribution in [2.24, 2.45) is 17.3 Å². The number of nitrogens with zero attached hydrogens (tertiary/aromatic N) is 3. The molecule has 0 spiro atoms. The van der Waals surface area contributed by atoms with Crippen molar-refractivity contribution >= 4 is 11.6 Å². The maximum Gasteiger partial charge on any atom is 0.417 e. The number of aliphatic hydroxyl groups excluding tert-OH is 1. The van der Waals surface area contributed by atoms with E-state index in [1.54, 1.807) is 12.1 Å². The van der Waals surface area contributed by atoms with Gasteiger partial charge in [0.2, 0.25) is 5.91 Å². The normalized spacial score (nSPS) is 27.1. The number of hydrogen-bond donors (Lipinski definition) is 1. The van der Waals surface area contributed by atoms with Gasteiger partial charge < -0.3 is 14.9 Å². The first-order valence-electron chi connectivity index (χ1n) is 11.0. The molecule has 1 aromatic carbocycles. The zero-order valence-electron chi connectivity index (χ0n) is 17.5. The van der Waals surface area contributed by atoms with Crippen molar-refractivity contribution in [2.45, 2.75) is 44.7 Å². The van der Waals surface area contributed by atoms with Gasteiger partial charge in [0.15, 0.2) is 0 Å². The van der Waals surface area contributed by atoms with Crippen LogP contribution in [0.15, 0.2) is 18.2 Å². The number of aliphatic hydroxyl groups is 1. The smallest absolute Gasteiger partial charge is 0.396 e. The van der Waals surface area contributed by atoms with Crippen molar-refractivity contribution in [3.8, 4) is 6.07 Å². The van der Waals surface area contributed by atoms with Crippen LogP contribution >= 0.6 is 0 Å². The van der Waals surface area contributed by atoms with Gasteiger partial charge in [0.05, 0.1) is 23.8 Å². The number of piperidine rings is 1. The Labute approximate surface area is 180 Å². The van der Waals surface area contributed by atoms with Crippen molar-refractivity contribution in [3.05, 3.63) is 29.3 Å². The molecule has 2 heterocycles. The molecule has 2 saturated heterocycles.